The fraction of sp³-hybridized carbons (Fsp3) is 0.451. The van der Waals surface area contributed by atoms with Crippen molar-refractivity contribution in [2.24, 2.45) is 16.2 Å². The number of anilines is 3. The summed E-state index contributed by atoms with van der Waals surface area (Å²) >= 11 is 1.41. The van der Waals surface area contributed by atoms with Crippen molar-refractivity contribution in [2.45, 2.75) is 141 Å². The molecule has 3 aromatic carbocycles. The number of hydrogen-bond donors (Lipinski definition) is 8. The second-order valence-electron chi connectivity index (χ2n) is 27.4. The molecule has 0 spiro atoms. The number of benzene rings is 3. The number of fused-ring (bicyclic) bond motifs is 2. The minimum absolute atomic E-state index is 0.0159. The number of rotatable bonds is 28. The van der Waals surface area contributed by atoms with Gasteiger partial charge in [0.15, 0.2) is 16.9 Å². The number of aromatic nitrogens is 4. The molecule has 4 bridgehead atoms. The van der Waals surface area contributed by atoms with E-state index in [1.807, 2.05) is 65.0 Å². The molecule has 3 unspecified atom stereocenters. The highest BCUT2D eigenvalue weighted by Crippen LogP contribution is 2.72. The van der Waals surface area contributed by atoms with E-state index in [0.29, 0.717) is 65.9 Å². The lowest BCUT2D eigenvalue weighted by molar-refractivity contribution is -0.271. The average molecular weight is 1380 g/mol. The summed E-state index contributed by atoms with van der Waals surface area (Å²) in [4.78, 5) is 113. The standard InChI is InChI=1S/C71H79N9O18S/c1-41-47(45-17-19-53(76-57(45)63(89)90)78-25-22-43-10-6-12-46(48(43)33-78)62(88)77-66-75-49-13-4-5-14-52(49)99-66)32-73-80(41)40-70-35-68(2)34-69(3,36-70)38-71(37-68,39-70)96-30-29-94-28-24-72-67(93)95-27-8-9-42-16-18-51(97-65-60(87)58(85)59(86)61(98-65)64(91)92)50(31-42)74-54(82)15-7-11-44(81)23-26-79-55(83)20-21-56(79)84/h4-6,8-10,12-14,16-21,31-32,58-61,65,85-87H,7,11,15,22-30,33-40H2,1-3H3,(H,72,93)(H,74,82)(H,89,90)(H,91,92)(H,75,77,88)/b9-8+/t58-,59-,60-,61-,65?,68?,69?,70?,71?/m0/s1. The summed E-state index contributed by atoms with van der Waals surface area (Å²) in [7, 11) is 0. The van der Waals surface area contributed by atoms with Crippen molar-refractivity contribution >= 4 is 91.7 Å². The fourth-order valence-electron chi connectivity index (χ4n) is 16.2. The summed E-state index contributed by atoms with van der Waals surface area (Å²) in [6, 6.07) is 21.5. The molecule has 3 aliphatic heterocycles. The number of aliphatic carboxylic acids is 1. The van der Waals surface area contributed by atoms with Crippen LogP contribution in [0.3, 0.4) is 0 Å². The molecule has 6 heterocycles. The number of imide groups is 1. The Morgan fingerprint density at radius 2 is 1.59 bits per heavy atom. The predicted octanol–water partition coefficient (Wildman–Crippen LogP) is 7.23. The van der Waals surface area contributed by atoms with E-state index in [-0.39, 0.29) is 109 Å². The third-order valence-electron chi connectivity index (χ3n) is 19.5. The Kier molecular flexibility index (Phi) is 20.3. The van der Waals surface area contributed by atoms with Gasteiger partial charge in [-0.3, -0.25) is 38.9 Å². The number of carbonyl (C=O) groups excluding carboxylic acids is 6. The molecule has 13 rings (SSSR count). The first-order valence-corrected chi connectivity index (χ1v) is 33.9. The van der Waals surface area contributed by atoms with Crippen LogP contribution in [0.25, 0.3) is 27.4 Å². The second-order valence-corrected chi connectivity index (χ2v) is 28.5. The third kappa shape index (κ3) is 15.6. The van der Waals surface area contributed by atoms with E-state index >= 15 is 0 Å². The first-order valence-electron chi connectivity index (χ1n) is 33.0. The molecule has 28 heteroatoms. The van der Waals surface area contributed by atoms with E-state index in [0.717, 1.165) is 82.6 Å². The van der Waals surface area contributed by atoms with Crippen molar-refractivity contribution in [1.82, 2.24) is 30.0 Å². The minimum atomic E-state index is -1.98. The lowest BCUT2D eigenvalue weighted by atomic mass is 9.39. The normalized spacial score (nSPS) is 25.3. The van der Waals surface area contributed by atoms with Crippen LogP contribution >= 0.6 is 11.3 Å². The van der Waals surface area contributed by atoms with Crippen LogP contribution in [-0.4, -0.2) is 180 Å². The minimum Gasteiger partial charge on any atom is -0.479 e. The zero-order valence-electron chi connectivity index (χ0n) is 55.0. The van der Waals surface area contributed by atoms with Gasteiger partial charge in [-0.2, -0.15) is 5.10 Å². The molecule has 522 valence electrons. The zero-order valence-corrected chi connectivity index (χ0v) is 55.8. The van der Waals surface area contributed by atoms with Gasteiger partial charge in [-0.05, 0) is 140 Å². The topological polar surface area (TPSA) is 370 Å². The van der Waals surface area contributed by atoms with Crippen molar-refractivity contribution in [3.63, 3.8) is 0 Å². The van der Waals surface area contributed by atoms with Crippen molar-refractivity contribution in [3.05, 3.63) is 131 Å². The number of alkyl carbamates (subject to hydrolysis) is 1. The van der Waals surface area contributed by atoms with E-state index in [4.69, 9.17) is 33.8 Å². The molecule has 6 aromatic rings. The molecule has 27 nitrogen and oxygen atoms in total. The van der Waals surface area contributed by atoms with Crippen LogP contribution in [-0.2, 0) is 62.4 Å². The van der Waals surface area contributed by atoms with Crippen LogP contribution in [0.5, 0.6) is 5.75 Å². The number of amides is 5. The van der Waals surface area contributed by atoms with Crippen molar-refractivity contribution < 1.29 is 87.6 Å². The number of aliphatic hydroxyl groups excluding tert-OH is 3. The first kappa shape index (κ1) is 69.6. The Morgan fingerprint density at radius 3 is 2.34 bits per heavy atom. The maximum Gasteiger partial charge on any atom is 0.407 e. The van der Waals surface area contributed by atoms with Gasteiger partial charge in [0.1, 0.15) is 42.3 Å². The van der Waals surface area contributed by atoms with E-state index in [1.54, 1.807) is 18.3 Å². The molecule has 4 saturated carbocycles. The molecular formula is C71H79N9O18S. The fourth-order valence-corrected chi connectivity index (χ4v) is 17.1. The molecule has 99 heavy (non-hydrogen) atoms. The zero-order chi connectivity index (χ0) is 70.0. The summed E-state index contributed by atoms with van der Waals surface area (Å²) in [5.74, 6) is -4.54. The summed E-state index contributed by atoms with van der Waals surface area (Å²) in [5.41, 5.74) is 5.17. The second kappa shape index (κ2) is 28.9. The van der Waals surface area contributed by atoms with Gasteiger partial charge in [-0.15, -0.1) is 0 Å². The predicted molar refractivity (Wildman–Crippen MR) is 360 cm³/mol. The van der Waals surface area contributed by atoms with E-state index in [9.17, 15) is 63.9 Å². The van der Waals surface area contributed by atoms with Crippen LogP contribution in [0.1, 0.15) is 121 Å². The Balaban J connectivity index is 0.611. The number of nitrogens with zero attached hydrogens (tertiary/aromatic N) is 6. The molecule has 8 N–H and O–H groups in total. The van der Waals surface area contributed by atoms with Crippen LogP contribution < -0.4 is 25.6 Å². The molecule has 7 aliphatic rings. The maximum atomic E-state index is 13.8. The van der Waals surface area contributed by atoms with Gasteiger partial charge in [0.25, 0.3) is 17.7 Å². The van der Waals surface area contributed by atoms with Gasteiger partial charge in [-0.25, -0.2) is 24.4 Å². The highest BCUT2D eigenvalue weighted by molar-refractivity contribution is 7.22. The number of nitrogens with one attached hydrogen (secondary N) is 3. The Morgan fingerprint density at radius 1 is 0.808 bits per heavy atom. The van der Waals surface area contributed by atoms with Crippen molar-refractivity contribution in [3.8, 4) is 16.9 Å². The van der Waals surface area contributed by atoms with Gasteiger partial charge in [0.05, 0.1) is 47.5 Å². The number of thiazole rings is 1. The van der Waals surface area contributed by atoms with Crippen LogP contribution in [0.15, 0.2) is 97.2 Å². The monoisotopic (exact) mass is 1380 g/mol. The molecular weight excluding hydrogens is 1300 g/mol. The maximum absolute atomic E-state index is 13.8. The number of aliphatic hydroxyl groups is 3. The number of carboxylic acids is 2. The van der Waals surface area contributed by atoms with Crippen molar-refractivity contribution in [2.75, 3.05) is 61.6 Å². The average Bonchev–Trinajstić information content (AvgIpc) is 1.45. The number of Topliss-reactive ketones (excluding diaryl/α,β-unsaturated/α-hetero) is 1. The summed E-state index contributed by atoms with van der Waals surface area (Å²) in [6.07, 6.45) is 3.01. The van der Waals surface area contributed by atoms with Gasteiger partial charge in [-0.1, -0.05) is 61.6 Å². The SMILES string of the molecule is Cc1c(-c2ccc(N3CCc4cccc(C(=O)Nc5nc6ccccc6s5)c4C3)nc2C(=O)O)cnn1CC12CC3(C)CC(C)(C1)CC(OCCOCCNC(=O)OC/C=C/c1ccc(OC4O[C@H](C(=O)O)[C@@H](O)[C@H](O)[C@@H]4O)c(NC(=O)CCCC(=O)CCN4C(=O)C=CC4=O)c1)(C3)C2. The molecule has 4 aliphatic carbocycles. The highest BCUT2D eigenvalue weighted by atomic mass is 32.1. The van der Waals surface area contributed by atoms with Gasteiger partial charge < -0.3 is 64.8 Å². The highest BCUT2D eigenvalue weighted by Gasteiger charge is 2.66. The Bertz CT molecular complexity index is 4140. The molecule has 5 fully saturated rings. The van der Waals surface area contributed by atoms with Crippen LogP contribution in [0.4, 0.5) is 21.4 Å². The van der Waals surface area contributed by atoms with Crippen LogP contribution in [0.2, 0.25) is 0 Å². The number of carboxylic acid groups (broad SMARTS) is 2. The van der Waals surface area contributed by atoms with Gasteiger partial charge in [0, 0.05) is 86.5 Å². The smallest absolute Gasteiger partial charge is 0.407 e. The van der Waals surface area contributed by atoms with Gasteiger partial charge in [0.2, 0.25) is 12.2 Å². The van der Waals surface area contributed by atoms with E-state index in [2.05, 4.69) is 34.8 Å². The quantitative estimate of drug-likeness (QED) is 0.0177. The summed E-state index contributed by atoms with van der Waals surface area (Å²) in [5, 5.41) is 65.2. The largest absolute Gasteiger partial charge is 0.479 e. The summed E-state index contributed by atoms with van der Waals surface area (Å²) in [6.45, 7) is 9.00. The van der Waals surface area contributed by atoms with Crippen molar-refractivity contribution in [1.29, 1.82) is 0 Å². The Hall–Kier alpha value is -9.29. The molecule has 0 radical (unpaired) electrons. The number of para-hydroxylation sites is 1. The van der Waals surface area contributed by atoms with E-state index in [1.165, 1.54) is 35.6 Å². The number of aromatic carboxylic acids is 1. The number of hydrogen-bond acceptors (Lipinski definition) is 21. The number of ether oxygens (including phenoxy) is 5. The Labute approximate surface area is 573 Å². The third-order valence-corrected chi connectivity index (χ3v) is 20.4. The molecule has 5 amide bonds. The lowest BCUT2D eigenvalue weighted by Gasteiger charge is -2.69. The number of ketones is 1. The molecule has 7 atom stereocenters. The number of pyridine rings is 1. The van der Waals surface area contributed by atoms with E-state index < -0.39 is 66.5 Å². The first-order chi connectivity index (χ1) is 47.4. The van der Waals surface area contributed by atoms with Crippen LogP contribution in [0, 0.1) is 23.2 Å². The molecule has 3 aromatic heterocycles. The molecule has 1 saturated heterocycles. The summed E-state index contributed by atoms with van der Waals surface area (Å²) < 4.78 is 32.2. The van der Waals surface area contributed by atoms with Gasteiger partial charge >= 0.3 is 18.0 Å². The number of carbonyl (C=O) groups is 8. The lowest BCUT2D eigenvalue weighted by Crippen LogP contribution is -2.64.